The van der Waals surface area contributed by atoms with Gasteiger partial charge in [-0.1, -0.05) is 30.6 Å². The van der Waals surface area contributed by atoms with Crippen molar-refractivity contribution >= 4 is 0 Å². The average molecular weight is 275 g/mol. The first-order chi connectivity index (χ1) is 9.58. The maximum Gasteiger partial charge on any atom is 0.0242 e. The van der Waals surface area contributed by atoms with E-state index in [1.807, 2.05) is 11.1 Å². The quantitative estimate of drug-likeness (QED) is 0.339. The third kappa shape index (κ3) is 5.50. The van der Waals surface area contributed by atoms with E-state index in [9.17, 15) is 0 Å². The van der Waals surface area contributed by atoms with Crippen molar-refractivity contribution in [3.8, 4) is 12.3 Å². The lowest BCUT2D eigenvalue weighted by Crippen LogP contribution is -2.47. The molecule has 0 spiro atoms. The van der Waals surface area contributed by atoms with Gasteiger partial charge in [-0.3, -0.25) is 5.84 Å². The van der Waals surface area contributed by atoms with Crippen LogP contribution in [0.3, 0.4) is 0 Å². The first-order valence-electron chi connectivity index (χ1n) is 7.64. The minimum absolute atomic E-state index is 0.372. The van der Waals surface area contributed by atoms with Crippen LogP contribution in [0.4, 0.5) is 0 Å². The van der Waals surface area contributed by atoms with Gasteiger partial charge >= 0.3 is 0 Å². The van der Waals surface area contributed by atoms with Gasteiger partial charge in [0, 0.05) is 18.6 Å². The van der Waals surface area contributed by atoms with Gasteiger partial charge in [-0.2, -0.15) is 0 Å². The van der Waals surface area contributed by atoms with Crippen LogP contribution in [0.25, 0.3) is 0 Å². The van der Waals surface area contributed by atoms with Crippen LogP contribution >= 0.6 is 0 Å². The number of nitrogens with zero attached hydrogens (tertiary/aromatic N) is 1. The third-order valence-electron chi connectivity index (χ3n) is 4.33. The Hall–Kier alpha value is -1.08. The van der Waals surface area contributed by atoms with Crippen molar-refractivity contribution in [2.45, 2.75) is 58.0 Å². The van der Waals surface area contributed by atoms with Gasteiger partial charge in [0.15, 0.2) is 0 Å². The molecule has 0 aromatic carbocycles. The van der Waals surface area contributed by atoms with E-state index in [4.69, 9.17) is 18.0 Å². The Labute approximate surface area is 124 Å². The van der Waals surface area contributed by atoms with Crippen molar-refractivity contribution in [1.82, 2.24) is 5.01 Å². The topological polar surface area (TPSA) is 55.3 Å². The van der Waals surface area contributed by atoms with E-state index in [0.717, 1.165) is 38.6 Å². The maximum absolute atomic E-state index is 6.28. The summed E-state index contributed by atoms with van der Waals surface area (Å²) in [5.74, 6) is 9.27. The molecule has 0 aliphatic heterocycles. The molecule has 0 amide bonds. The van der Waals surface area contributed by atoms with E-state index in [0.29, 0.717) is 18.0 Å². The standard InChI is InChI=1S/C17H29N3/c1-4-6-7-8-14(3)15(5-2)13-20(19)17-11-9-16(18)10-12-17/h1,6-8,15-17H,5,9-13,18-19H2,2-3H3/b7-6-,14-8+. The van der Waals surface area contributed by atoms with E-state index in [1.165, 1.54) is 5.57 Å². The maximum atomic E-state index is 6.28. The highest BCUT2D eigenvalue weighted by atomic mass is 15.4. The molecule has 0 heterocycles. The monoisotopic (exact) mass is 275 g/mol. The molecule has 1 unspecified atom stereocenters. The fourth-order valence-electron chi connectivity index (χ4n) is 2.82. The molecule has 20 heavy (non-hydrogen) atoms. The van der Waals surface area contributed by atoms with Gasteiger partial charge in [0.05, 0.1) is 0 Å². The van der Waals surface area contributed by atoms with Crippen LogP contribution in [0.1, 0.15) is 46.0 Å². The molecule has 0 saturated heterocycles. The van der Waals surface area contributed by atoms with Crippen LogP contribution < -0.4 is 11.6 Å². The summed E-state index contributed by atoms with van der Waals surface area (Å²) >= 11 is 0. The molecule has 0 radical (unpaired) electrons. The van der Waals surface area contributed by atoms with E-state index in [2.05, 4.69) is 25.8 Å². The molecule has 1 saturated carbocycles. The Bertz CT molecular complexity index is 370. The van der Waals surface area contributed by atoms with Gasteiger partial charge in [-0.05, 0) is 51.0 Å². The van der Waals surface area contributed by atoms with E-state index in [-0.39, 0.29) is 0 Å². The fraction of sp³-hybridized carbons (Fsp3) is 0.647. The van der Waals surface area contributed by atoms with Gasteiger partial charge < -0.3 is 5.73 Å². The smallest absolute Gasteiger partial charge is 0.0242 e. The van der Waals surface area contributed by atoms with Crippen LogP contribution in [-0.4, -0.2) is 23.6 Å². The summed E-state index contributed by atoms with van der Waals surface area (Å²) in [6, 6.07) is 0.857. The van der Waals surface area contributed by atoms with Gasteiger partial charge in [0.2, 0.25) is 0 Å². The van der Waals surface area contributed by atoms with Crippen LogP contribution in [-0.2, 0) is 0 Å². The SMILES string of the molecule is C#C/C=C\C=C(/C)C(CC)CN(N)C1CCC(N)CC1. The van der Waals surface area contributed by atoms with Crippen molar-refractivity contribution in [2.24, 2.45) is 17.5 Å². The van der Waals surface area contributed by atoms with Crippen LogP contribution in [0, 0.1) is 18.3 Å². The van der Waals surface area contributed by atoms with Crippen molar-refractivity contribution < 1.29 is 0 Å². The minimum atomic E-state index is 0.372. The van der Waals surface area contributed by atoms with E-state index in [1.54, 1.807) is 6.08 Å². The van der Waals surface area contributed by atoms with E-state index < -0.39 is 0 Å². The number of allylic oxidation sites excluding steroid dienone is 3. The van der Waals surface area contributed by atoms with Crippen LogP contribution in [0.2, 0.25) is 0 Å². The normalized spacial score (nSPS) is 25.9. The summed E-state index contributed by atoms with van der Waals surface area (Å²) in [4.78, 5) is 0. The molecular weight excluding hydrogens is 246 g/mol. The van der Waals surface area contributed by atoms with E-state index >= 15 is 0 Å². The highest BCUT2D eigenvalue weighted by Crippen LogP contribution is 2.23. The number of hydrogen-bond acceptors (Lipinski definition) is 3. The van der Waals surface area contributed by atoms with Crippen LogP contribution in [0.15, 0.2) is 23.8 Å². The molecule has 4 N–H and O–H groups in total. The molecule has 3 heteroatoms. The Morgan fingerprint density at radius 2 is 2.05 bits per heavy atom. The second-order valence-corrected chi connectivity index (χ2v) is 5.81. The van der Waals surface area contributed by atoms with Gasteiger partial charge in [-0.25, -0.2) is 5.01 Å². The highest BCUT2D eigenvalue weighted by molar-refractivity contribution is 5.20. The van der Waals surface area contributed by atoms with Gasteiger partial charge in [0.1, 0.15) is 0 Å². The van der Waals surface area contributed by atoms with Crippen molar-refractivity contribution in [3.05, 3.63) is 23.8 Å². The second kappa shape index (κ2) is 8.97. The van der Waals surface area contributed by atoms with Crippen molar-refractivity contribution in [1.29, 1.82) is 0 Å². The third-order valence-corrected chi connectivity index (χ3v) is 4.33. The number of hydrogen-bond donors (Lipinski definition) is 2. The molecule has 1 fully saturated rings. The number of nitrogens with two attached hydrogens (primary N) is 2. The predicted molar refractivity (Wildman–Crippen MR) is 86.6 cm³/mol. The molecule has 3 nitrogen and oxygen atoms in total. The predicted octanol–water partition coefficient (Wildman–Crippen LogP) is 2.59. The molecular formula is C17H29N3. The lowest BCUT2D eigenvalue weighted by molar-refractivity contribution is 0.135. The van der Waals surface area contributed by atoms with Crippen LogP contribution in [0.5, 0.6) is 0 Å². The summed E-state index contributed by atoms with van der Waals surface area (Å²) < 4.78 is 0. The Balaban J connectivity index is 2.53. The Morgan fingerprint density at radius 3 is 2.60 bits per heavy atom. The lowest BCUT2D eigenvalue weighted by atomic mass is 9.90. The van der Waals surface area contributed by atoms with Gasteiger partial charge in [0.25, 0.3) is 0 Å². The average Bonchev–Trinajstić information content (AvgIpc) is 2.45. The summed E-state index contributed by atoms with van der Waals surface area (Å²) in [5, 5.41) is 2.03. The first-order valence-corrected chi connectivity index (χ1v) is 7.64. The zero-order valence-corrected chi connectivity index (χ0v) is 12.9. The summed E-state index contributed by atoms with van der Waals surface area (Å²) in [7, 11) is 0. The molecule has 0 aromatic rings. The molecule has 1 aliphatic rings. The lowest BCUT2D eigenvalue weighted by Gasteiger charge is -2.35. The number of rotatable bonds is 6. The molecule has 112 valence electrons. The Kier molecular flexibility index (Phi) is 7.61. The summed E-state index contributed by atoms with van der Waals surface area (Å²) in [6.45, 7) is 5.26. The van der Waals surface area contributed by atoms with Crippen molar-refractivity contribution in [3.63, 3.8) is 0 Å². The molecule has 1 atom stereocenters. The first kappa shape index (κ1) is 17.0. The summed E-state index contributed by atoms with van der Waals surface area (Å²) in [6.07, 6.45) is 16.5. The highest BCUT2D eigenvalue weighted by Gasteiger charge is 2.24. The molecule has 0 aromatic heterocycles. The number of terminal acetylenes is 1. The molecule has 1 aliphatic carbocycles. The molecule has 0 bridgehead atoms. The second-order valence-electron chi connectivity index (χ2n) is 5.81. The largest absolute Gasteiger partial charge is 0.328 e. The fourth-order valence-corrected chi connectivity index (χ4v) is 2.82. The zero-order valence-electron chi connectivity index (χ0n) is 12.9. The molecule has 1 rings (SSSR count). The summed E-state index contributed by atoms with van der Waals surface area (Å²) in [5.41, 5.74) is 7.28. The van der Waals surface area contributed by atoms with Gasteiger partial charge in [-0.15, -0.1) is 6.42 Å². The minimum Gasteiger partial charge on any atom is -0.328 e. The van der Waals surface area contributed by atoms with Crippen molar-refractivity contribution in [2.75, 3.05) is 6.54 Å². The Morgan fingerprint density at radius 1 is 1.40 bits per heavy atom. The number of hydrazine groups is 1. The zero-order chi connectivity index (χ0) is 15.0.